The second kappa shape index (κ2) is 12.7. The SMILES string of the molecule is COc1ccc(-c2nsc(C(=O)N(c3cc(C)ccc3C)[C@@H](C(=O)NC3CCCC3)c3ccc(OC)cc3)c2N)cc1. The van der Waals surface area contributed by atoms with Gasteiger partial charge in [0.25, 0.3) is 5.91 Å². The van der Waals surface area contributed by atoms with Gasteiger partial charge in [-0.3, -0.25) is 14.5 Å². The Hall–Kier alpha value is -4.37. The summed E-state index contributed by atoms with van der Waals surface area (Å²) in [5, 5.41) is 3.23. The number of rotatable bonds is 9. The Morgan fingerprint density at radius 3 is 2.19 bits per heavy atom. The van der Waals surface area contributed by atoms with Crippen molar-refractivity contribution in [1.82, 2.24) is 9.69 Å². The zero-order chi connectivity index (χ0) is 29.8. The van der Waals surface area contributed by atoms with Gasteiger partial charge in [-0.15, -0.1) is 0 Å². The molecule has 218 valence electrons. The minimum Gasteiger partial charge on any atom is -0.497 e. The number of carbonyl (C=O) groups excluding carboxylic acids is 2. The first-order valence-electron chi connectivity index (χ1n) is 14.1. The zero-order valence-corrected chi connectivity index (χ0v) is 25.2. The lowest BCUT2D eigenvalue weighted by Gasteiger charge is -2.33. The van der Waals surface area contributed by atoms with Crippen LogP contribution >= 0.6 is 11.5 Å². The number of aromatic nitrogens is 1. The Balaban J connectivity index is 1.63. The van der Waals surface area contributed by atoms with Gasteiger partial charge in [0.05, 0.1) is 19.9 Å². The van der Waals surface area contributed by atoms with Crippen molar-refractivity contribution in [3.05, 3.63) is 88.3 Å². The van der Waals surface area contributed by atoms with Crippen molar-refractivity contribution in [3.8, 4) is 22.8 Å². The summed E-state index contributed by atoms with van der Waals surface area (Å²) in [7, 11) is 3.20. The molecule has 0 aliphatic heterocycles. The molecule has 0 unspecified atom stereocenters. The highest BCUT2D eigenvalue weighted by molar-refractivity contribution is 7.09. The van der Waals surface area contributed by atoms with Gasteiger partial charge in [0.15, 0.2) is 0 Å². The number of hydrogen-bond donors (Lipinski definition) is 2. The van der Waals surface area contributed by atoms with Crippen molar-refractivity contribution in [2.75, 3.05) is 24.9 Å². The normalized spacial score (nSPS) is 13.9. The highest BCUT2D eigenvalue weighted by Gasteiger charge is 2.37. The molecular weight excluding hydrogens is 548 g/mol. The minimum atomic E-state index is -0.949. The van der Waals surface area contributed by atoms with Gasteiger partial charge >= 0.3 is 0 Å². The molecule has 0 saturated heterocycles. The van der Waals surface area contributed by atoms with Crippen molar-refractivity contribution >= 4 is 34.7 Å². The van der Waals surface area contributed by atoms with E-state index < -0.39 is 6.04 Å². The third-order valence-corrected chi connectivity index (χ3v) is 8.62. The highest BCUT2D eigenvalue weighted by Crippen LogP contribution is 2.38. The predicted molar refractivity (Wildman–Crippen MR) is 167 cm³/mol. The first-order chi connectivity index (χ1) is 20.3. The number of methoxy groups -OCH3 is 2. The number of hydrogen-bond acceptors (Lipinski definition) is 7. The molecule has 0 radical (unpaired) electrons. The molecule has 1 aliphatic carbocycles. The molecule has 1 aromatic heterocycles. The molecule has 1 aliphatic rings. The predicted octanol–water partition coefficient (Wildman–Crippen LogP) is 6.47. The summed E-state index contributed by atoms with van der Waals surface area (Å²) < 4.78 is 15.2. The maximum Gasteiger partial charge on any atom is 0.273 e. The largest absolute Gasteiger partial charge is 0.497 e. The van der Waals surface area contributed by atoms with E-state index in [0.717, 1.165) is 53.9 Å². The van der Waals surface area contributed by atoms with Gasteiger partial charge in [-0.05, 0) is 97.4 Å². The fourth-order valence-electron chi connectivity index (χ4n) is 5.42. The second-order valence-electron chi connectivity index (χ2n) is 10.6. The lowest BCUT2D eigenvalue weighted by atomic mass is 9.99. The van der Waals surface area contributed by atoms with Crippen LogP contribution in [0.4, 0.5) is 11.4 Å². The monoisotopic (exact) mass is 584 g/mol. The number of carbonyl (C=O) groups is 2. The number of nitrogen functional groups attached to an aromatic ring is 1. The molecule has 1 heterocycles. The van der Waals surface area contributed by atoms with Crippen LogP contribution in [0.3, 0.4) is 0 Å². The lowest BCUT2D eigenvalue weighted by Crippen LogP contribution is -2.46. The van der Waals surface area contributed by atoms with Crippen molar-refractivity contribution in [3.63, 3.8) is 0 Å². The summed E-state index contributed by atoms with van der Waals surface area (Å²) in [4.78, 5) is 30.7. The number of aryl methyl sites for hydroxylation is 2. The van der Waals surface area contributed by atoms with Gasteiger partial charge < -0.3 is 20.5 Å². The first-order valence-corrected chi connectivity index (χ1v) is 14.8. The van der Waals surface area contributed by atoms with Crippen LogP contribution < -0.4 is 25.4 Å². The van der Waals surface area contributed by atoms with Gasteiger partial charge in [-0.25, -0.2) is 0 Å². The number of benzene rings is 3. The Bertz CT molecular complexity index is 1560. The maximum atomic E-state index is 14.6. The molecule has 1 saturated carbocycles. The second-order valence-corrected chi connectivity index (χ2v) is 11.4. The molecule has 3 aromatic carbocycles. The quantitative estimate of drug-likeness (QED) is 0.233. The Morgan fingerprint density at radius 2 is 1.57 bits per heavy atom. The van der Waals surface area contributed by atoms with E-state index in [9.17, 15) is 9.59 Å². The van der Waals surface area contributed by atoms with E-state index in [0.29, 0.717) is 28.4 Å². The van der Waals surface area contributed by atoms with Gasteiger partial charge in [0.1, 0.15) is 28.1 Å². The summed E-state index contributed by atoms with van der Waals surface area (Å²) in [5.41, 5.74) is 11.3. The van der Waals surface area contributed by atoms with E-state index in [1.807, 2.05) is 68.4 Å². The summed E-state index contributed by atoms with van der Waals surface area (Å²) >= 11 is 1.04. The molecule has 8 nitrogen and oxygen atoms in total. The van der Waals surface area contributed by atoms with Crippen LogP contribution in [0, 0.1) is 13.8 Å². The molecular formula is C33H36N4O4S. The van der Waals surface area contributed by atoms with Crippen molar-refractivity contribution in [1.29, 1.82) is 0 Å². The standard InChI is InChI=1S/C33H36N4O4S/c1-20-9-10-21(2)27(19-20)37(33(39)31-28(34)29(36-42-31)22-11-15-25(40-3)16-12-22)30(23-13-17-26(41-4)18-14-23)32(38)35-24-7-5-6-8-24/h9-19,24,30H,5-8,34H2,1-4H3,(H,35,38)/t30-/m1/s1. The summed E-state index contributed by atoms with van der Waals surface area (Å²) in [6.07, 6.45) is 3.99. The van der Waals surface area contributed by atoms with Gasteiger partial charge in [-0.2, -0.15) is 4.37 Å². The molecule has 9 heteroatoms. The van der Waals surface area contributed by atoms with Crippen molar-refractivity contribution in [2.45, 2.75) is 51.6 Å². The van der Waals surface area contributed by atoms with E-state index in [1.165, 1.54) is 0 Å². The van der Waals surface area contributed by atoms with Crippen molar-refractivity contribution in [2.24, 2.45) is 0 Å². The number of amides is 2. The Kier molecular flexibility index (Phi) is 8.77. The van der Waals surface area contributed by atoms with Crippen LogP contribution in [0.25, 0.3) is 11.3 Å². The molecule has 4 aromatic rings. The van der Waals surface area contributed by atoms with Gasteiger partial charge in [-0.1, -0.05) is 37.1 Å². The smallest absolute Gasteiger partial charge is 0.273 e. The fraction of sp³-hybridized carbons (Fsp3) is 0.303. The highest BCUT2D eigenvalue weighted by atomic mass is 32.1. The average Bonchev–Trinajstić information content (AvgIpc) is 3.66. The van der Waals surface area contributed by atoms with E-state index in [2.05, 4.69) is 9.69 Å². The van der Waals surface area contributed by atoms with Crippen LogP contribution in [-0.4, -0.2) is 36.4 Å². The van der Waals surface area contributed by atoms with Crippen molar-refractivity contribution < 1.29 is 19.1 Å². The number of nitrogens with zero attached hydrogens (tertiary/aromatic N) is 2. The third kappa shape index (κ3) is 5.97. The average molecular weight is 585 g/mol. The summed E-state index contributed by atoms with van der Waals surface area (Å²) in [6.45, 7) is 3.91. The molecule has 0 spiro atoms. The molecule has 0 bridgehead atoms. The topological polar surface area (TPSA) is 107 Å². The van der Waals surface area contributed by atoms with E-state index in [-0.39, 0.29) is 28.4 Å². The summed E-state index contributed by atoms with van der Waals surface area (Å²) in [6, 6.07) is 19.7. The Labute approximate surface area is 250 Å². The van der Waals surface area contributed by atoms with Crippen LogP contribution in [0.15, 0.2) is 66.7 Å². The first kappa shape index (κ1) is 29.1. The maximum absolute atomic E-state index is 14.6. The zero-order valence-electron chi connectivity index (χ0n) is 24.3. The van der Waals surface area contributed by atoms with Crippen LogP contribution in [-0.2, 0) is 4.79 Å². The van der Waals surface area contributed by atoms with E-state index in [1.54, 1.807) is 31.3 Å². The molecule has 5 rings (SSSR count). The lowest BCUT2D eigenvalue weighted by molar-refractivity contribution is -0.123. The van der Waals surface area contributed by atoms with E-state index in [4.69, 9.17) is 15.2 Å². The summed E-state index contributed by atoms with van der Waals surface area (Å²) in [5.74, 6) is 0.746. The third-order valence-electron chi connectivity index (χ3n) is 7.77. The molecule has 3 N–H and O–H groups in total. The van der Waals surface area contributed by atoms with Gasteiger partial charge in [0, 0.05) is 17.3 Å². The molecule has 1 atom stereocenters. The molecule has 42 heavy (non-hydrogen) atoms. The number of ether oxygens (including phenoxy) is 2. The minimum absolute atomic E-state index is 0.0731. The Morgan fingerprint density at radius 1 is 0.952 bits per heavy atom. The number of nitrogens with two attached hydrogens (primary N) is 1. The number of anilines is 2. The fourth-order valence-corrected chi connectivity index (χ4v) is 6.17. The molecule has 2 amide bonds. The molecule has 1 fully saturated rings. The number of nitrogens with one attached hydrogen (secondary N) is 1. The van der Waals surface area contributed by atoms with E-state index >= 15 is 0 Å². The van der Waals surface area contributed by atoms with Crippen LogP contribution in [0.5, 0.6) is 11.5 Å². The van der Waals surface area contributed by atoms with Gasteiger partial charge in [0.2, 0.25) is 5.91 Å². The van der Waals surface area contributed by atoms with Crippen LogP contribution in [0.1, 0.15) is 58.1 Å². The van der Waals surface area contributed by atoms with Crippen LogP contribution in [0.2, 0.25) is 0 Å².